The van der Waals surface area contributed by atoms with Crippen LogP contribution >= 0.6 is 0 Å². The SMILES string of the molecule is O=C(O)[C@H]1C[C@H]1C(=O)NC(CO)Cc1ccccc1. The lowest BCUT2D eigenvalue weighted by Gasteiger charge is -2.16. The number of amides is 1. The molecule has 0 saturated heterocycles. The predicted molar refractivity (Wildman–Crippen MR) is 68.4 cm³/mol. The van der Waals surface area contributed by atoms with E-state index in [1.807, 2.05) is 30.3 Å². The Bertz CT molecular complexity index is 460. The number of nitrogens with one attached hydrogen (secondary N) is 1. The summed E-state index contributed by atoms with van der Waals surface area (Å²) in [6.07, 6.45) is 0.929. The van der Waals surface area contributed by atoms with Gasteiger partial charge in [-0.1, -0.05) is 30.3 Å². The molecule has 0 spiro atoms. The van der Waals surface area contributed by atoms with Crippen LogP contribution in [-0.4, -0.2) is 34.7 Å². The standard InChI is InChI=1S/C14H17NO4/c16-8-10(6-9-4-2-1-3-5-9)15-13(17)11-7-12(11)14(18)19/h1-5,10-12,16H,6-8H2,(H,15,17)(H,18,19)/t10?,11-,12+/m1/s1. The Kier molecular flexibility index (Phi) is 4.16. The Balaban J connectivity index is 1.86. The van der Waals surface area contributed by atoms with Crippen molar-refractivity contribution in [1.29, 1.82) is 0 Å². The van der Waals surface area contributed by atoms with E-state index >= 15 is 0 Å². The second kappa shape index (κ2) is 5.84. The number of aliphatic hydroxyl groups excluding tert-OH is 1. The number of carboxylic acids is 1. The summed E-state index contributed by atoms with van der Waals surface area (Å²) < 4.78 is 0. The molecular weight excluding hydrogens is 246 g/mol. The molecule has 1 aliphatic rings. The molecule has 1 aromatic rings. The first-order valence-corrected chi connectivity index (χ1v) is 6.29. The molecule has 1 fully saturated rings. The molecule has 1 unspecified atom stereocenters. The largest absolute Gasteiger partial charge is 0.481 e. The van der Waals surface area contributed by atoms with Crippen LogP contribution in [0.1, 0.15) is 12.0 Å². The van der Waals surface area contributed by atoms with Gasteiger partial charge in [-0.05, 0) is 18.4 Å². The highest BCUT2D eigenvalue weighted by Gasteiger charge is 2.48. The zero-order valence-electron chi connectivity index (χ0n) is 10.5. The molecule has 0 heterocycles. The van der Waals surface area contributed by atoms with Gasteiger partial charge in [0.15, 0.2) is 0 Å². The highest BCUT2D eigenvalue weighted by molar-refractivity contribution is 5.89. The number of hydrogen-bond donors (Lipinski definition) is 3. The molecule has 0 radical (unpaired) electrons. The van der Waals surface area contributed by atoms with Gasteiger partial charge in [-0.15, -0.1) is 0 Å². The third-order valence-electron chi connectivity index (χ3n) is 3.34. The van der Waals surface area contributed by atoms with E-state index in [9.17, 15) is 14.7 Å². The molecular formula is C14H17NO4. The lowest BCUT2D eigenvalue weighted by molar-refractivity contribution is -0.140. The number of aliphatic carboxylic acids is 1. The molecule has 1 aliphatic carbocycles. The van der Waals surface area contributed by atoms with Crippen LogP contribution in [-0.2, 0) is 16.0 Å². The van der Waals surface area contributed by atoms with Crippen LogP contribution in [0.15, 0.2) is 30.3 Å². The Morgan fingerprint density at radius 3 is 2.47 bits per heavy atom. The smallest absolute Gasteiger partial charge is 0.307 e. The van der Waals surface area contributed by atoms with Crippen LogP contribution in [0.25, 0.3) is 0 Å². The van der Waals surface area contributed by atoms with Crippen molar-refractivity contribution in [3.8, 4) is 0 Å². The average molecular weight is 263 g/mol. The minimum Gasteiger partial charge on any atom is -0.481 e. The van der Waals surface area contributed by atoms with E-state index in [0.717, 1.165) is 5.56 Å². The Hall–Kier alpha value is -1.88. The molecule has 0 aromatic heterocycles. The van der Waals surface area contributed by atoms with Crippen molar-refractivity contribution in [3.05, 3.63) is 35.9 Å². The summed E-state index contributed by atoms with van der Waals surface area (Å²) in [5.74, 6) is -2.20. The Morgan fingerprint density at radius 2 is 1.95 bits per heavy atom. The van der Waals surface area contributed by atoms with Crippen molar-refractivity contribution in [2.24, 2.45) is 11.8 Å². The van der Waals surface area contributed by atoms with Gasteiger partial charge in [0, 0.05) is 0 Å². The lowest BCUT2D eigenvalue weighted by Crippen LogP contribution is -2.40. The van der Waals surface area contributed by atoms with Gasteiger partial charge >= 0.3 is 5.97 Å². The average Bonchev–Trinajstić information content (AvgIpc) is 3.19. The van der Waals surface area contributed by atoms with Gasteiger partial charge in [0.05, 0.1) is 24.5 Å². The van der Waals surface area contributed by atoms with Crippen molar-refractivity contribution >= 4 is 11.9 Å². The summed E-state index contributed by atoms with van der Waals surface area (Å²) in [4.78, 5) is 22.5. The minimum absolute atomic E-state index is 0.162. The van der Waals surface area contributed by atoms with Crippen LogP contribution < -0.4 is 5.32 Å². The van der Waals surface area contributed by atoms with E-state index in [-0.39, 0.29) is 18.6 Å². The van der Waals surface area contributed by atoms with E-state index in [0.29, 0.717) is 12.8 Å². The monoisotopic (exact) mass is 263 g/mol. The summed E-state index contributed by atoms with van der Waals surface area (Å²) in [5.41, 5.74) is 1.02. The van der Waals surface area contributed by atoms with E-state index in [2.05, 4.69) is 5.32 Å². The number of carbonyl (C=O) groups is 2. The molecule has 3 N–H and O–H groups in total. The molecule has 2 rings (SSSR count). The van der Waals surface area contributed by atoms with Crippen molar-refractivity contribution in [3.63, 3.8) is 0 Å². The van der Waals surface area contributed by atoms with Crippen LogP contribution in [0.4, 0.5) is 0 Å². The first kappa shape index (κ1) is 13.5. The predicted octanol–water partition coefficient (Wildman–Crippen LogP) is 0.427. The van der Waals surface area contributed by atoms with Gasteiger partial charge in [0.25, 0.3) is 0 Å². The third-order valence-corrected chi connectivity index (χ3v) is 3.34. The molecule has 0 bridgehead atoms. The van der Waals surface area contributed by atoms with E-state index in [1.165, 1.54) is 0 Å². The molecule has 102 valence electrons. The number of hydrogen-bond acceptors (Lipinski definition) is 3. The number of carbonyl (C=O) groups excluding carboxylic acids is 1. The normalized spacial score (nSPS) is 22.6. The summed E-state index contributed by atoms with van der Waals surface area (Å²) in [5, 5.41) is 20.8. The second-order valence-corrected chi connectivity index (χ2v) is 4.86. The first-order valence-electron chi connectivity index (χ1n) is 6.29. The molecule has 5 heteroatoms. The topological polar surface area (TPSA) is 86.6 Å². The highest BCUT2D eigenvalue weighted by Crippen LogP contribution is 2.38. The number of rotatable bonds is 6. The lowest BCUT2D eigenvalue weighted by atomic mass is 10.1. The highest BCUT2D eigenvalue weighted by atomic mass is 16.4. The van der Waals surface area contributed by atoms with Crippen LogP contribution in [0, 0.1) is 11.8 Å². The fraction of sp³-hybridized carbons (Fsp3) is 0.429. The van der Waals surface area contributed by atoms with Gasteiger partial charge in [0.1, 0.15) is 0 Å². The van der Waals surface area contributed by atoms with Gasteiger partial charge < -0.3 is 15.5 Å². The maximum absolute atomic E-state index is 11.8. The first-order chi connectivity index (χ1) is 9.11. The maximum Gasteiger partial charge on any atom is 0.307 e. The zero-order chi connectivity index (χ0) is 13.8. The molecule has 1 aromatic carbocycles. The summed E-state index contributed by atoms with van der Waals surface area (Å²) in [6.45, 7) is -0.162. The van der Waals surface area contributed by atoms with Gasteiger partial charge in [-0.3, -0.25) is 9.59 Å². The van der Waals surface area contributed by atoms with E-state index in [4.69, 9.17) is 5.11 Å². The second-order valence-electron chi connectivity index (χ2n) is 4.86. The van der Waals surface area contributed by atoms with Gasteiger partial charge in [0.2, 0.25) is 5.91 Å². The van der Waals surface area contributed by atoms with Crippen molar-refractivity contribution in [2.45, 2.75) is 18.9 Å². The quantitative estimate of drug-likeness (QED) is 0.694. The van der Waals surface area contributed by atoms with Crippen molar-refractivity contribution in [2.75, 3.05) is 6.61 Å². The molecule has 19 heavy (non-hydrogen) atoms. The van der Waals surface area contributed by atoms with Crippen LogP contribution in [0.2, 0.25) is 0 Å². The Morgan fingerprint density at radius 1 is 1.26 bits per heavy atom. The van der Waals surface area contributed by atoms with Gasteiger partial charge in [-0.25, -0.2) is 0 Å². The molecule has 0 aliphatic heterocycles. The summed E-state index contributed by atoms with van der Waals surface area (Å²) in [7, 11) is 0. The summed E-state index contributed by atoms with van der Waals surface area (Å²) in [6, 6.07) is 9.17. The maximum atomic E-state index is 11.8. The van der Waals surface area contributed by atoms with Crippen LogP contribution in [0.5, 0.6) is 0 Å². The van der Waals surface area contributed by atoms with E-state index in [1.54, 1.807) is 0 Å². The Labute approximate surface area is 111 Å². The third kappa shape index (κ3) is 3.54. The molecule has 3 atom stereocenters. The summed E-state index contributed by atoms with van der Waals surface area (Å²) >= 11 is 0. The van der Waals surface area contributed by atoms with Crippen molar-refractivity contribution < 1.29 is 19.8 Å². The fourth-order valence-corrected chi connectivity index (χ4v) is 2.13. The number of carboxylic acid groups (broad SMARTS) is 1. The van der Waals surface area contributed by atoms with E-state index < -0.39 is 17.8 Å². The number of aliphatic hydroxyl groups is 1. The minimum atomic E-state index is -0.927. The molecule has 5 nitrogen and oxygen atoms in total. The zero-order valence-corrected chi connectivity index (χ0v) is 10.5. The fourth-order valence-electron chi connectivity index (χ4n) is 2.13. The number of benzene rings is 1. The molecule has 1 saturated carbocycles. The van der Waals surface area contributed by atoms with Crippen molar-refractivity contribution in [1.82, 2.24) is 5.32 Å². The van der Waals surface area contributed by atoms with Crippen LogP contribution in [0.3, 0.4) is 0 Å². The molecule has 1 amide bonds. The van der Waals surface area contributed by atoms with Gasteiger partial charge in [-0.2, -0.15) is 0 Å².